The van der Waals surface area contributed by atoms with Crippen molar-refractivity contribution in [3.05, 3.63) is 85.9 Å². The lowest BCUT2D eigenvalue weighted by atomic mass is 10.1. The summed E-state index contributed by atoms with van der Waals surface area (Å²) in [5.41, 5.74) is 2.45. The third-order valence-corrected chi connectivity index (χ3v) is 4.59. The second kappa shape index (κ2) is 7.77. The number of nitro groups is 1. The molecule has 3 aromatic rings. The highest BCUT2D eigenvalue weighted by Gasteiger charge is 2.19. The molecule has 0 saturated carbocycles. The van der Waals surface area contributed by atoms with Crippen LogP contribution in [0, 0.1) is 29.8 Å². The molecule has 0 aliphatic heterocycles. The summed E-state index contributed by atoms with van der Waals surface area (Å²) in [6, 6.07) is 9.93. The van der Waals surface area contributed by atoms with Crippen molar-refractivity contribution in [3.63, 3.8) is 0 Å². The van der Waals surface area contributed by atoms with Crippen molar-refractivity contribution in [2.24, 2.45) is 0 Å². The Morgan fingerprint density at radius 3 is 2.57 bits per heavy atom. The zero-order valence-electron chi connectivity index (χ0n) is 15.1. The van der Waals surface area contributed by atoms with Crippen LogP contribution in [0.2, 0.25) is 5.02 Å². The second-order valence-corrected chi connectivity index (χ2v) is 6.61. The fourth-order valence-corrected chi connectivity index (χ4v) is 2.96. The number of anilines is 1. The van der Waals surface area contributed by atoms with Crippen LogP contribution in [-0.2, 0) is 6.54 Å². The summed E-state index contributed by atoms with van der Waals surface area (Å²) >= 11 is 5.79. The van der Waals surface area contributed by atoms with Gasteiger partial charge in [0, 0.05) is 11.6 Å². The highest BCUT2D eigenvalue weighted by atomic mass is 35.5. The average Bonchev–Trinajstić information content (AvgIpc) is 2.91. The van der Waals surface area contributed by atoms with Gasteiger partial charge in [0.05, 0.1) is 28.5 Å². The van der Waals surface area contributed by atoms with Crippen molar-refractivity contribution in [2.75, 3.05) is 5.32 Å². The fraction of sp³-hybridized carbons (Fsp3) is 0.158. The molecule has 0 aliphatic rings. The lowest BCUT2D eigenvalue weighted by Gasteiger charge is -2.08. The van der Waals surface area contributed by atoms with E-state index in [-0.39, 0.29) is 22.1 Å². The van der Waals surface area contributed by atoms with Gasteiger partial charge < -0.3 is 5.32 Å². The highest BCUT2D eigenvalue weighted by Crippen LogP contribution is 2.26. The fourth-order valence-electron chi connectivity index (χ4n) is 2.77. The number of carbonyl (C=O) groups is 1. The van der Waals surface area contributed by atoms with Crippen LogP contribution < -0.4 is 5.32 Å². The number of rotatable bonds is 5. The number of aryl methyl sites for hydroxylation is 1. The van der Waals surface area contributed by atoms with E-state index in [0.29, 0.717) is 23.6 Å². The highest BCUT2D eigenvalue weighted by molar-refractivity contribution is 6.32. The Kier molecular flexibility index (Phi) is 5.41. The summed E-state index contributed by atoms with van der Waals surface area (Å²) in [5.74, 6) is -0.825. The van der Waals surface area contributed by atoms with Gasteiger partial charge in [0.15, 0.2) is 0 Å². The molecule has 1 aromatic heterocycles. The molecule has 0 bridgehead atoms. The number of nitro benzene ring substituents is 1. The maximum absolute atomic E-state index is 13.1. The molecule has 7 nitrogen and oxygen atoms in total. The standard InChI is InChI=1S/C19H16ClFN4O3/c1-11-18(12(2)24(23-11)10-13-3-6-15(21)7-4-13)22-19(26)14-5-8-16(20)17(9-14)25(27)28/h3-9H,10H2,1-2H3,(H,22,26). The first-order valence-corrected chi connectivity index (χ1v) is 8.68. The van der Waals surface area contributed by atoms with Gasteiger partial charge in [-0.05, 0) is 43.7 Å². The number of hydrogen-bond acceptors (Lipinski definition) is 4. The summed E-state index contributed by atoms with van der Waals surface area (Å²) < 4.78 is 14.8. The molecule has 9 heteroatoms. The van der Waals surface area contributed by atoms with E-state index < -0.39 is 10.8 Å². The monoisotopic (exact) mass is 402 g/mol. The Hall–Kier alpha value is -3.26. The van der Waals surface area contributed by atoms with Crippen molar-refractivity contribution in [1.29, 1.82) is 0 Å². The molecular formula is C19H16ClFN4O3. The molecule has 0 atom stereocenters. The van der Waals surface area contributed by atoms with Gasteiger partial charge in [0.2, 0.25) is 0 Å². The van der Waals surface area contributed by atoms with Gasteiger partial charge in [-0.1, -0.05) is 23.7 Å². The quantitative estimate of drug-likeness (QED) is 0.502. The van der Waals surface area contributed by atoms with Crippen LogP contribution in [0.5, 0.6) is 0 Å². The van der Waals surface area contributed by atoms with E-state index in [1.165, 1.54) is 24.3 Å². The van der Waals surface area contributed by atoms with Crippen molar-refractivity contribution >= 4 is 28.9 Å². The largest absolute Gasteiger partial charge is 0.319 e. The molecule has 2 aromatic carbocycles. The molecule has 0 spiro atoms. The predicted molar refractivity (Wildman–Crippen MR) is 103 cm³/mol. The van der Waals surface area contributed by atoms with Gasteiger partial charge in [-0.3, -0.25) is 19.6 Å². The Balaban J connectivity index is 1.84. The Morgan fingerprint density at radius 2 is 1.93 bits per heavy atom. The van der Waals surface area contributed by atoms with Crippen molar-refractivity contribution in [1.82, 2.24) is 9.78 Å². The molecule has 1 amide bonds. The SMILES string of the molecule is Cc1nn(Cc2ccc(F)cc2)c(C)c1NC(=O)c1ccc(Cl)c([N+](=O)[O-])c1. The summed E-state index contributed by atoms with van der Waals surface area (Å²) in [4.78, 5) is 22.9. The molecule has 0 saturated heterocycles. The minimum atomic E-state index is -0.643. The topological polar surface area (TPSA) is 90.1 Å². The van der Waals surface area contributed by atoms with Crippen molar-refractivity contribution in [3.8, 4) is 0 Å². The van der Waals surface area contributed by atoms with E-state index in [1.807, 2.05) is 0 Å². The van der Waals surface area contributed by atoms with Gasteiger partial charge in [0.1, 0.15) is 10.8 Å². The number of benzene rings is 2. The lowest BCUT2D eigenvalue weighted by Crippen LogP contribution is -2.13. The van der Waals surface area contributed by atoms with E-state index in [9.17, 15) is 19.3 Å². The summed E-state index contributed by atoms with van der Waals surface area (Å²) in [7, 11) is 0. The predicted octanol–water partition coefficient (Wildman–Crippen LogP) is 4.50. The summed E-state index contributed by atoms with van der Waals surface area (Å²) in [6.07, 6.45) is 0. The molecule has 0 unspecified atom stereocenters. The number of amides is 1. The van der Waals surface area contributed by atoms with E-state index in [4.69, 9.17) is 11.6 Å². The first-order valence-electron chi connectivity index (χ1n) is 8.30. The molecule has 1 heterocycles. The number of hydrogen-bond donors (Lipinski definition) is 1. The number of halogens is 2. The van der Waals surface area contributed by atoms with Crippen LogP contribution in [0.4, 0.5) is 15.8 Å². The minimum Gasteiger partial charge on any atom is -0.319 e. The first kappa shape index (κ1) is 19.5. The zero-order chi connectivity index (χ0) is 20.4. The number of nitrogens with zero attached hydrogens (tertiary/aromatic N) is 3. The Morgan fingerprint density at radius 1 is 1.25 bits per heavy atom. The first-order chi connectivity index (χ1) is 13.3. The van der Waals surface area contributed by atoms with Crippen molar-refractivity contribution < 1.29 is 14.1 Å². The van der Waals surface area contributed by atoms with E-state index in [1.54, 1.807) is 30.7 Å². The molecule has 0 radical (unpaired) electrons. The van der Waals surface area contributed by atoms with Crippen LogP contribution in [-0.4, -0.2) is 20.6 Å². The summed E-state index contributed by atoms with van der Waals surface area (Å²) in [6.45, 7) is 3.95. The van der Waals surface area contributed by atoms with E-state index in [2.05, 4.69) is 10.4 Å². The summed E-state index contributed by atoms with van der Waals surface area (Å²) in [5, 5.41) is 18.1. The normalized spacial score (nSPS) is 10.7. The van der Waals surface area contributed by atoms with Gasteiger partial charge in [-0.2, -0.15) is 5.10 Å². The van der Waals surface area contributed by atoms with E-state index in [0.717, 1.165) is 11.6 Å². The van der Waals surface area contributed by atoms with Crippen LogP contribution in [0.25, 0.3) is 0 Å². The van der Waals surface area contributed by atoms with E-state index >= 15 is 0 Å². The number of carbonyl (C=O) groups excluding carboxylic acids is 1. The molecule has 3 rings (SSSR count). The lowest BCUT2D eigenvalue weighted by molar-refractivity contribution is -0.384. The van der Waals surface area contributed by atoms with Gasteiger partial charge >= 0.3 is 0 Å². The molecule has 144 valence electrons. The third-order valence-electron chi connectivity index (χ3n) is 4.27. The van der Waals surface area contributed by atoms with Gasteiger partial charge in [0.25, 0.3) is 11.6 Å². The third kappa shape index (κ3) is 4.01. The average molecular weight is 403 g/mol. The van der Waals surface area contributed by atoms with Crippen LogP contribution in [0.15, 0.2) is 42.5 Å². The Bertz CT molecular complexity index is 1060. The van der Waals surface area contributed by atoms with Crippen LogP contribution in [0.1, 0.15) is 27.3 Å². The van der Waals surface area contributed by atoms with Crippen LogP contribution >= 0.6 is 11.6 Å². The van der Waals surface area contributed by atoms with Crippen molar-refractivity contribution in [2.45, 2.75) is 20.4 Å². The Labute approximate surface area is 164 Å². The maximum Gasteiger partial charge on any atom is 0.288 e. The maximum atomic E-state index is 13.1. The number of nitrogens with one attached hydrogen (secondary N) is 1. The number of aromatic nitrogens is 2. The zero-order valence-corrected chi connectivity index (χ0v) is 15.8. The molecule has 0 aliphatic carbocycles. The van der Waals surface area contributed by atoms with Gasteiger partial charge in [-0.15, -0.1) is 0 Å². The van der Waals surface area contributed by atoms with Crippen LogP contribution in [0.3, 0.4) is 0 Å². The molecular weight excluding hydrogens is 387 g/mol. The van der Waals surface area contributed by atoms with Gasteiger partial charge in [-0.25, -0.2) is 4.39 Å². The molecule has 0 fully saturated rings. The minimum absolute atomic E-state index is 0.0407. The molecule has 1 N–H and O–H groups in total. The second-order valence-electron chi connectivity index (χ2n) is 6.21. The smallest absolute Gasteiger partial charge is 0.288 e. The molecule has 28 heavy (non-hydrogen) atoms.